The molecule has 0 radical (unpaired) electrons. The predicted molar refractivity (Wildman–Crippen MR) is 70.1 cm³/mol. The Labute approximate surface area is 110 Å². The number of likely N-dealkylation sites (tertiary alicyclic amines) is 1. The topological polar surface area (TPSA) is 29.5 Å². The van der Waals surface area contributed by atoms with Gasteiger partial charge < -0.3 is 9.64 Å². The van der Waals surface area contributed by atoms with Crippen molar-refractivity contribution in [2.45, 2.75) is 18.9 Å². The quantitative estimate of drug-likeness (QED) is 0.840. The largest absolute Gasteiger partial charge is 0.381 e. The maximum Gasteiger partial charge on any atom is 0.253 e. The van der Waals surface area contributed by atoms with Crippen LogP contribution in [0.2, 0.25) is 0 Å². The summed E-state index contributed by atoms with van der Waals surface area (Å²) in [5, 5.41) is 0. The fourth-order valence-electron chi connectivity index (χ4n) is 2.07. The lowest BCUT2D eigenvalue weighted by molar-refractivity contribution is 0.0351. The molecule has 1 fully saturated rings. The number of methoxy groups -OCH3 is 1. The Balaban J connectivity index is 1.99. The molecule has 0 spiro atoms. The van der Waals surface area contributed by atoms with Crippen LogP contribution in [-0.2, 0) is 4.74 Å². The summed E-state index contributed by atoms with van der Waals surface area (Å²) in [7, 11) is 1.73. The summed E-state index contributed by atoms with van der Waals surface area (Å²) in [6.07, 6.45) is 2.17. The van der Waals surface area contributed by atoms with Gasteiger partial charge in [0.25, 0.3) is 5.91 Å². The number of carbonyl (C=O) groups excluding carboxylic acids is 1. The molecule has 0 saturated carbocycles. The molecule has 2 rings (SSSR count). The summed E-state index contributed by atoms with van der Waals surface area (Å²) in [5.74, 6) is 0.118. The van der Waals surface area contributed by atoms with Crippen molar-refractivity contribution in [2.75, 3.05) is 20.2 Å². The first-order chi connectivity index (χ1) is 8.20. The number of benzene rings is 1. The van der Waals surface area contributed by atoms with E-state index in [-0.39, 0.29) is 5.91 Å². The Morgan fingerprint density at radius 1 is 1.29 bits per heavy atom. The van der Waals surface area contributed by atoms with Gasteiger partial charge in [-0.2, -0.15) is 0 Å². The fraction of sp³-hybridized carbons (Fsp3) is 0.462. The summed E-state index contributed by atoms with van der Waals surface area (Å²) in [6.45, 7) is 1.57. The van der Waals surface area contributed by atoms with Gasteiger partial charge in [0.15, 0.2) is 0 Å². The molecule has 4 heteroatoms. The monoisotopic (exact) mass is 297 g/mol. The number of piperidine rings is 1. The molecule has 0 unspecified atom stereocenters. The number of hydrogen-bond acceptors (Lipinski definition) is 2. The zero-order chi connectivity index (χ0) is 12.3. The molecule has 0 N–H and O–H groups in total. The van der Waals surface area contributed by atoms with Crippen LogP contribution in [0.5, 0.6) is 0 Å². The van der Waals surface area contributed by atoms with Crippen molar-refractivity contribution in [2.24, 2.45) is 0 Å². The zero-order valence-corrected chi connectivity index (χ0v) is 11.4. The van der Waals surface area contributed by atoms with Crippen molar-refractivity contribution in [3.8, 4) is 0 Å². The Hall–Kier alpha value is -0.870. The number of carbonyl (C=O) groups is 1. The van der Waals surface area contributed by atoms with Gasteiger partial charge in [-0.25, -0.2) is 0 Å². The number of amides is 1. The summed E-state index contributed by atoms with van der Waals surface area (Å²) < 4.78 is 6.29. The number of hydrogen-bond donors (Lipinski definition) is 0. The van der Waals surface area contributed by atoms with E-state index in [4.69, 9.17) is 4.74 Å². The second kappa shape index (κ2) is 5.65. The molecule has 1 aromatic carbocycles. The second-order valence-electron chi connectivity index (χ2n) is 4.23. The van der Waals surface area contributed by atoms with E-state index in [9.17, 15) is 4.79 Å². The number of rotatable bonds is 2. The number of nitrogens with zero attached hydrogens (tertiary/aromatic N) is 1. The highest BCUT2D eigenvalue weighted by molar-refractivity contribution is 9.10. The molecule has 92 valence electrons. The minimum Gasteiger partial charge on any atom is -0.381 e. The minimum atomic E-state index is 0.118. The van der Waals surface area contributed by atoms with Crippen molar-refractivity contribution in [3.05, 3.63) is 34.3 Å². The third-order valence-corrected chi connectivity index (χ3v) is 3.68. The van der Waals surface area contributed by atoms with E-state index in [1.54, 1.807) is 7.11 Å². The lowest BCUT2D eigenvalue weighted by atomic mass is 10.1. The maximum atomic E-state index is 12.2. The molecule has 0 aliphatic carbocycles. The standard InChI is InChI=1S/C13H16BrNO2/c1-17-12-6-8-15(9-7-12)13(16)10-2-4-11(14)5-3-10/h2-5,12H,6-9H2,1H3. The van der Waals surface area contributed by atoms with Gasteiger partial charge in [-0.3, -0.25) is 4.79 Å². The Morgan fingerprint density at radius 3 is 2.41 bits per heavy atom. The third-order valence-electron chi connectivity index (χ3n) is 3.15. The van der Waals surface area contributed by atoms with Crippen molar-refractivity contribution in [1.29, 1.82) is 0 Å². The molecule has 1 heterocycles. The average Bonchev–Trinajstić information content (AvgIpc) is 2.39. The van der Waals surface area contributed by atoms with E-state index in [2.05, 4.69) is 15.9 Å². The van der Waals surface area contributed by atoms with Gasteiger partial charge in [0.05, 0.1) is 6.10 Å². The molecule has 1 amide bonds. The van der Waals surface area contributed by atoms with Crippen LogP contribution in [0.4, 0.5) is 0 Å². The first-order valence-electron chi connectivity index (χ1n) is 5.78. The fourth-order valence-corrected chi connectivity index (χ4v) is 2.33. The first kappa shape index (κ1) is 12.6. The van der Waals surface area contributed by atoms with Crippen molar-refractivity contribution >= 4 is 21.8 Å². The molecular weight excluding hydrogens is 282 g/mol. The van der Waals surface area contributed by atoms with Crippen LogP contribution in [0.25, 0.3) is 0 Å². The van der Waals surface area contributed by atoms with Crippen LogP contribution >= 0.6 is 15.9 Å². The van der Waals surface area contributed by atoms with Gasteiger partial charge in [-0.1, -0.05) is 15.9 Å². The van der Waals surface area contributed by atoms with Gasteiger partial charge in [0.2, 0.25) is 0 Å². The van der Waals surface area contributed by atoms with Crippen molar-refractivity contribution in [1.82, 2.24) is 4.90 Å². The smallest absolute Gasteiger partial charge is 0.253 e. The molecule has 0 aromatic heterocycles. The maximum absolute atomic E-state index is 12.2. The summed E-state index contributed by atoms with van der Waals surface area (Å²) >= 11 is 3.37. The lowest BCUT2D eigenvalue weighted by Crippen LogP contribution is -2.40. The predicted octanol–water partition coefficient (Wildman–Crippen LogP) is 2.70. The molecule has 3 nitrogen and oxygen atoms in total. The third kappa shape index (κ3) is 3.07. The summed E-state index contributed by atoms with van der Waals surface area (Å²) in [6, 6.07) is 7.51. The Bertz CT molecular complexity index is 383. The highest BCUT2D eigenvalue weighted by Crippen LogP contribution is 2.17. The normalized spacial score (nSPS) is 17.2. The lowest BCUT2D eigenvalue weighted by Gasteiger charge is -2.31. The summed E-state index contributed by atoms with van der Waals surface area (Å²) in [4.78, 5) is 14.1. The van der Waals surface area contributed by atoms with Gasteiger partial charge in [0, 0.05) is 30.2 Å². The Kier molecular flexibility index (Phi) is 4.18. The second-order valence-corrected chi connectivity index (χ2v) is 5.15. The molecular formula is C13H16BrNO2. The van der Waals surface area contributed by atoms with E-state index in [1.807, 2.05) is 29.2 Å². The van der Waals surface area contributed by atoms with E-state index >= 15 is 0 Å². The van der Waals surface area contributed by atoms with Gasteiger partial charge in [0.1, 0.15) is 0 Å². The van der Waals surface area contributed by atoms with Crippen LogP contribution in [0.1, 0.15) is 23.2 Å². The molecule has 1 aliphatic heterocycles. The average molecular weight is 298 g/mol. The summed E-state index contributed by atoms with van der Waals surface area (Å²) in [5.41, 5.74) is 0.754. The van der Waals surface area contributed by atoms with Crippen LogP contribution in [0, 0.1) is 0 Å². The van der Waals surface area contributed by atoms with E-state index in [1.165, 1.54) is 0 Å². The van der Waals surface area contributed by atoms with Crippen molar-refractivity contribution < 1.29 is 9.53 Å². The number of ether oxygens (including phenoxy) is 1. The van der Waals surface area contributed by atoms with Crippen molar-refractivity contribution in [3.63, 3.8) is 0 Å². The van der Waals surface area contributed by atoms with Crippen LogP contribution < -0.4 is 0 Å². The first-order valence-corrected chi connectivity index (χ1v) is 6.57. The van der Waals surface area contributed by atoms with E-state index in [0.29, 0.717) is 6.10 Å². The van der Waals surface area contributed by atoms with Gasteiger partial charge in [-0.15, -0.1) is 0 Å². The Morgan fingerprint density at radius 2 is 1.88 bits per heavy atom. The van der Waals surface area contributed by atoms with Crippen LogP contribution in [0.3, 0.4) is 0 Å². The van der Waals surface area contributed by atoms with E-state index < -0.39 is 0 Å². The minimum absolute atomic E-state index is 0.118. The van der Waals surface area contributed by atoms with E-state index in [0.717, 1.165) is 36.0 Å². The molecule has 1 aromatic rings. The van der Waals surface area contributed by atoms with Crippen LogP contribution in [0.15, 0.2) is 28.7 Å². The number of halogens is 1. The SMILES string of the molecule is COC1CCN(C(=O)c2ccc(Br)cc2)CC1. The van der Waals surface area contributed by atoms with Gasteiger partial charge >= 0.3 is 0 Å². The van der Waals surface area contributed by atoms with Crippen LogP contribution in [-0.4, -0.2) is 37.1 Å². The molecule has 17 heavy (non-hydrogen) atoms. The highest BCUT2D eigenvalue weighted by atomic mass is 79.9. The van der Waals surface area contributed by atoms with Gasteiger partial charge in [-0.05, 0) is 37.1 Å². The molecule has 0 bridgehead atoms. The molecule has 1 saturated heterocycles. The molecule has 0 atom stereocenters. The highest BCUT2D eigenvalue weighted by Gasteiger charge is 2.23. The molecule has 1 aliphatic rings. The zero-order valence-electron chi connectivity index (χ0n) is 9.86.